The molecule has 0 aromatic heterocycles. The highest BCUT2D eigenvalue weighted by atomic mass is 32.2. The zero-order valence-corrected chi connectivity index (χ0v) is 12.6. The minimum absolute atomic E-state index is 0.0793. The van der Waals surface area contributed by atoms with Crippen molar-refractivity contribution >= 4 is 21.6 Å². The van der Waals surface area contributed by atoms with Crippen molar-refractivity contribution in [2.75, 3.05) is 25.5 Å². The molecule has 0 unspecified atom stereocenters. The van der Waals surface area contributed by atoms with E-state index in [2.05, 4.69) is 15.4 Å². The summed E-state index contributed by atoms with van der Waals surface area (Å²) in [5.41, 5.74) is 0.524. The van der Waals surface area contributed by atoms with Gasteiger partial charge in [0, 0.05) is 26.6 Å². The number of carbonyl (C=O) groups excluding carboxylic acids is 1. The fraction of sp³-hybridized carbons (Fsp3) is 0.462. The number of anilines is 1. The number of carbonyl (C=O) groups is 1. The van der Waals surface area contributed by atoms with Gasteiger partial charge in [-0.15, -0.1) is 0 Å². The SMILES string of the molecule is CCCNC(=O)CCNS(=O)(=O)c1ccccc1NC. The number of para-hydroxylation sites is 1. The van der Waals surface area contributed by atoms with Gasteiger partial charge in [0.1, 0.15) is 4.90 Å². The lowest BCUT2D eigenvalue weighted by Crippen LogP contribution is -2.31. The van der Waals surface area contributed by atoms with E-state index in [0.717, 1.165) is 6.42 Å². The Labute approximate surface area is 120 Å². The molecule has 0 aliphatic rings. The van der Waals surface area contributed by atoms with Crippen LogP contribution in [0.2, 0.25) is 0 Å². The second-order valence-corrected chi connectivity index (χ2v) is 5.98. The smallest absolute Gasteiger partial charge is 0.242 e. The molecule has 0 saturated heterocycles. The summed E-state index contributed by atoms with van der Waals surface area (Å²) < 4.78 is 26.7. The third kappa shape index (κ3) is 4.82. The monoisotopic (exact) mass is 299 g/mol. The van der Waals surface area contributed by atoms with Gasteiger partial charge in [-0.1, -0.05) is 19.1 Å². The third-order valence-electron chi connectivity index (χ3n) is 2.66. The first-order chi connectivity index (χ1) is 9.51. The molecule has 0 bridgehead atoms. The average molecular weight is 299 g/mol. The lowest BCUT2D eigenvalue weighted by molar-refractivity contribution is -0.120. The van der Waals surface area contributed by atoms with Gasteiger partial charge in [0.05, 0.1) is 5.69 Å². The Balaban J connectivity index is 2.60. The van der Waals surface area contributed by atoms with Crippen molar-refractivity contribution in [1.82, 2.24) is 10.0 Å². The first-order valence-electron chi connectivity index (χ1n) is 6.54. The maximum absolute atomic E-state index is 12.1. The molecular weight excluding hydrogens is 278 g/mol. The van der Waals surface area contributed by atoms with Crippen LogP contribution >= 0.6 is 0 Å². The molecule has 0 spiro atoms. The van der Waals surface area contributed by atoms with Gasteiger partial charge < -0.3 is 10.6 Å². The molecule has 0 fully saturated rings. The Bertz CT molecular complexity index is 544. The van der Waals surface area contributed by atoms with E-state index in [1.807, 2.05) is 6.92 Å². The van der Waals surface area contributed by atoms with E-state index in [-0.39, 0.29) is 23.8 Å². The summed E-state index contributed by atoms with van der Waals surface area (Å²) in [7, 11) is -1.95. The molecule has 1 rings (SSSR count). The Kier molecular flexibility index (Phi) is 6.47. The summed E-state index contributed by atoms with van der Waals surface area (Å²) >= 11 is 0. The molecule has 0 heterocycles. The predicted molar refractivity (Wildman–Crippen MR) is 79.1 cm³/mol. The van der Waals surface area contributed by atoms with E-state index < -0.39 is 10.0 Å². The van der Waals surface area contributed by atoms with Crippen LogP contribution in [0.1, 0.15) is 19.8 Å². The van der Waals surface area contributed by atoms with Crippen LogP contribution in [0.15, 0.2) is 29.2 Å². The zero-order valence-electron chi connectivity index (χ0n) is 11.8. The first-order valence-corrected chi connectivity index (χ1v) is 8.02. The maximum Gasteiger partial charge on any atom is 0.242 e. The van der Waals surface area contributed by atoms with Crippen molar-refractivity contribution in [1.29, 1.82) is 0 Å². The van der Waals surface area contributed by atoms with Crippen LogP contribution in [0.25, 0.3) is 0 Å². The highest BCUT2D eigenvalue weighted by Crippen LogP contribution is 2.19. The van der Waals surface area contributed by atoms with Crippen LogP contribution < -0.4 is 15.4 Å². The van der Waals surface area contributed by atoms with Gasteiger partial charge >= 0.3 is 0 Å². The minimum Gasteiger partial charge on any atom is -0.387 e. The minimum atomic E-state index is -3.61. The number of hydrogen-bond donors (Lipinski definition) is 3. The number of nitrogens with one attached hydrogen (secondary N) is 3. The van der Waals surface area contributed by atoms with Gasteiger partial charge in [0.15, 0.2) is 0 Å². The molecule has 20 heavy (non-hydrogen) atoms. The molecule has 6 nitrogen and oxygen atoms in total. The molecule has 112 valence electrons. The Hall–Kier alpha value is -1.60. The zero-order chi connectivity index (χ0) is 15.0. The molecule has 1 amide bonds. The van der Waals surface area contributed by atoms with E-state index in [1.54, 1.807) is 25.2 Å². The van der Waals surface area contributed by atoms with Crippen molar-refractivity contribution in [3.05, 3.63) is 24.3 Å². The molecule has 3 N–H and O–H groups in total. The number of rotatable bonds is 8. The molecule has 0 aliphatic heterocycles. The van der Waals surface area contributed by atoms with Gasteiger partial charge in [-0.05, 0) is 18.6 Å². The molecule has 0 saturated carbocycles. The van der Waals surface area contributed by atoms with E-state index in [1.165, 1.54) is 6.07 Å². The molecule has 0 radical (unpaired) electrons. The summed E-state index contributed by atoms with van der Waals surface area (Å²) in [6.45, 7) is 2.64. The summed E-state index contributed by atoms with van der Waals surface area (Å²) in [6.07, 6.45) is 0.980. The third-order valence-corrected chi connectivity index (χ3v) is 4.18. The highest BCUT2D eigenvalue weighted by Gasteiger charge is 2.17. The van der Waals surface area contributed by atoms with Gasteiger partial charge in [-0.3, -0.25) is 4.79 Å². The Morgan fingerprint density at radius 3 is 2.55 bits per heavy atom. The second kappa shape index (κ2) is 7.86. The standard InChI is InChI=1S/C13H21N3O3S/c1-3-9-15-13(17)8-10-16-20(18,19)12-7-5-4-6-11(12)14-2/h4-7,14,16H,3,8-10H2,1-2H3,(H,15,17). The summed E-state index contributed by atoms with van der Waals surface area (Å²) in [4.78, 5) is 11.6. The number of hydrogen-bond acceptors (Lipinski definition) is 4. The van der Waals surface area contributed by atoms with Gasteiger partial charge in [0.2, 0.25) is 15.9 Å². The average Bonchev–Trinajstić information content (AvgIpc) is 2.44. The lowest BCUT2D eigenvalue weighted by atomic mass is 10.3. The fourth-order valence-corrected chi connectivity index (χ4v) is 2.88. The first kappa shape index (κ1) is 16.5. The quantitative estimate of drug-likeness (QED) is 0.666. The van der Waals surface area contributed by atoms with Crippen molar-refractivity contribution in [3.8, 4) is 0 Å². The largest absolute Gasteiger partial charge is 0.387 e. The highest BCUT2D eigenvalue weighted by molar-refractivity contribution is 7.89. The molecule has 7 heteroatoms. The van der Waals surface area contributed by atoms with Crippen molar-refractivity contribution in [2.45, 2.75) is 24.7 Å². The van der Waals surface area contributed by atoms with Crippen LogP contribution in [0.5, 0.6) is 0 Å². The number of benzene rings is 1. The number of sulfonamides is 1. The van der Waals surface area contributed by atoms with Crippen molar-refractivity contribution in [3.63, 3.8) is 0 Å². The molecule has 1 aromatic rings. The lowest BCUT2D eigenvalue weighted by Gasteiger charge is -2.11. The van der Waals surface area contributed by atoms with Crippen LogP contribution in [0.4, 0.5) is 5.69 Å². The van der Waals surface area contributed by atoms with E-state index >= 15 is 0 Å². The van der Waals surface area contributed by atoms with Crippen molar-refractivity contribution < 1.29 is 13.2 Å². The topological polar surface area (TPSA) is 87.3 Å². The fourth-order valence-electron chi connectivity index (χ4n) is 1.64. The van der Waals surface area contributed by atoms with Crippen molar-refractivity contribution in [2.24, 2.45) is 0 Å². The normalized spacial score (nSPS) is 11.1. The maximum atomic E-state index is 12.1. The second-order valence-electron chi connectivity index (χ2n) is 4.24. The van der Waals surface area contributed by atoms with Gasteiger partial charge in [-0.25, -0.2) is 13.1 Å². The Morgan fingerprint density at radius 2 is 1.90 bits per heavy atom. The van der Waals surface area contributed by atoms with E-state index in [4.69, 9.17) is 0 Å². The number of amides is 1. The predicted octanol–water partition coefficient (Wildman–Crippen LogP) is 0.923. The summed E-state index contributed by atoms with van der Waals surface area (Å²) in [6, 6.07) is 6.61. The summed E-state index contributed by atoms with van der Waals surface area (Å²) in [5.74, 6) is -0.156. The van der Waals surface area contributed by atoms with Crippen LogP contribution in [-0.4, -0.2) is 34.5 Å². The summed E-state index contributed by atoms with van der Waals surface area (Å²) in [5, 5.41) is 5.53. The van der Waals surface area contributed by atoms with Crippen LogP contribution in [-0.2, 0) is 14.8 Å². The molecular formula is C13H21N3O3S. The van der Waals surface area contributed by atoms with Gasteiger partial charge in [0.25, 0.3) is 0 Å². The molecule has 0 aliphatic carbocycles. The molecule has 0 atom stereocenters. The Morgan fingerprint density at radius 1 is 1.20 bits per heavy atom. The molecule has 1 aromatic carbocycles. The van der Waals surface area contributed by atoms with Crippen LogP contribution in [0, 0.1) is 0 Å². The van der Waals surface area contributed by atoms with E-state index in [0.29, 0.717) is 12.2 Å². The van der Waals surface area contributed by atoms with Crippen LogP contribution in [0.3, 0.4) is 0 Å². The van der Waals surface area contributed by atoms with E-state index in [9.17, 15) is 13.2 Å². The van der Waals surface area contributed by atoms with Gasteiger partial charge in [-0.2, -0.15) is 0 Å².